The van der Waals surface area contributed by atoms with Gasteiger partial charge in [0.1, 0.15) is 6.04 Å². The number of hydrogen-bond donors (Lipinski definition) is 1. The predicted octanol–water partition coefficient (Wildman–Crippen LogP) is 3.38. The minimum absolute atomic E-state index is 0.245. The van der Waals surface area contributed by atoms with Gasteiger partial charge in [0.2, 0.25) is 0 Å². The monoisotopic (exact) mass is 365 g/mol. The van der Waals surface area contributed by atoms with Crippen LogP contribution in [0.3, 0.4) is 0 Å². The fourth-order valence-corrected chi connectivity index (χ4v) is 3.88. The number of amides is 1. The van der Waals surface area contributed by atoms with Crippen LogP contribution in [-0.2, 0) is 9.53 Å². The molecule has 2 atom stereocenters. The van der Waals surface area contributed by atoms with Crippen molar-refractivity contribution in [3.63, 3.8) is 0 Å². The van der Waals surface area contributed by atoms with Crippen LogP contribution in [0.4, 0.5) is 0 Å². The molecule has 1 fully saturated rings. The zero-order valence-electron chi connectivity index (χ0n) is 12.9. The second-order valence-corrected chi connectivity index (χ2v) is 7.10. The average molecular weight is 366 g/mol. The van der Waals surface area contributed by atoms with Crippen LogP contribution >= 0.6 is 22.9 Å². The van der Waals surface area contributed by atoms with Crippen LogP contribution in [0.25, 0.3) is 10.4 Å². The average Bonchev–Trinajstić information content (AvgIpc) is 3.22. The van der Waals surface area contributed by atoms with E-state index in [2.05, 4.69) is 0 Å². The smallest absolute Gasteiger partial charge is 0.326 e. The third kappa shape index (κ3) is 3.31. The molecule has 1 N–H and O–H groups in total. The highest BCUT2D eigenvalue weighted by Gasteiger charge is 2.40. The molecule has 1 aromatic carbocycles. The number of rotatable bonds is 4. The van der Waals surface area contributed by atoms with Crippen molar-refractivity contribution in [1.29, 1.82) is 0 Å². The standard InChI is InChI=1S/C17H16ClNO4S/c1-23-12-8-13(17(21)22)19(9-12)16(20)15-7-6-14(24-15)10-2-4-11(18)5-3-10/h2-7,12-13H,8-9H2,1H3,(H,21,22). The number of likely N-dealkylation sites (tertiary alicyclic amines) is 1. The van der Waals surface area contributed by atoms with E-state index in [1.54, 1.807) is 18.2 Å². The Kier molecular flexibility index (Phi) is 4.89. The van der Waals surface area contributed by atoms with E-state index in [0.717, 1.165) is 10.4 Å². The molecule has 24 heavy (non-hydrogen) atoms. The van der Waals surface area contributed by atoms with Crippen molar-refractivity contribution in [2.45, 2.75) is 18.6 Å². The Labute approximate surface area is 148 Å². The molecule has 0 bridgehead atoms. The van der Waals surface area contributed by atoms with Crippen LogP contribution < -0.4 is 0 Å². The largest absolute Gasteiger partial charge is 0.480 e. The lowest BCUT2D eigenvalue weighted by Crippen LogP contribution is -2.40. The summed E-state index contributed by atoms with van der Waals surface area (Å²) in [5.41, 5.74) is 0.967. The van der Waals surface area contributed by atoms with Crippen LogP contribution in [0.1, 0.15) is 16.1 Å². The van der Waals surface area contributed by atoms with Crippen LogP contribution in [0.2, 0.25) is 5.02 Å². The fraction of sp³-hybridized carbons (Fsp3) is 0.294. The molecule has 2 heterocycles. The van der Waals surface area contributed by atoms with E-state index in [9.17, 15) is 14.7 Å². The Balaban J connectivity index is 1.82. The number of aliphatic carboxylic acids is 1. The number of methoxy groups -OCH3 is 1. The van der Waals surface area contributed by atoms with Crippen molar-refractivity contribution in [2.75, 3.05) is 13.7 Å². The zero-order valence-corrected chi connectivity index (χ0v) is 14.5. The van der Waals surface area contributed by atoms with Gasteiger partial charge in [0, 0.05) is 30.0 Å². The van der Waals surface area contributed by atoms with E-state index in [0.29, 0.717) is 22.9 Å². The third-order valence-corrected chi connectivity index (χ3v) is 5.46. The molecule has 126 valence electrons. The highest BCUT2D eigenvalue weighted by atomic mass is 35.5. The van der Waals surface area contributed by atoms with Crippen molar-refractivity contribution in [1.82, 2.24) is 4.90 Å². The minimum atomic E-state index is -1.00. The van der Waals surface area contributed by atoms with Crippen molar-refractivity contribution in [2.24, 2.45) is 0 Å². The fourth-order valence-electron chi connectivity index (χ4n) is 2.79. The number of ether oxygens (including phenoxy) is 1. The van der Waals surface area contributed by atoms with E-state index in [1.807, 2.05) is 18.2 Å². The number of carboxylic acid groups (broad SMARTS) is 1. The first-order valence-electron chi connectivity index (χ1n) is 7.42. The van der Waals surface area contributed by atoms with Crippen LogP contribution in [-0.4, -0.2) is 47.7 Å². The first-order valence-corrected chi connectivity index (χ1v) is 8.61. The van der Waals surface area contributed by atoms with E-state index < -0.39 is 12.0 Å². The summed E-state index contributed by atoms with van der Waals surface area (Å²) in [7, 11) is 1.53. The molecule has 7 heteroatoms. The lowest BCUT2D eigenvalue weighted by Gasteiger charge is -2.20. The number of nitrogens with zero attached hydrogens (tertiary/aromatic N) is 1. The van der Waals surface area contributed by atoms with Gasteiger partial charge in [0.25, 0.3) is 5.91 Å². The molecule has 0 spiro atoms. The molecular weight excluding hydrogens is 350 g/mol. The van der Waals surface area contributed by atoms with E-state index in [4.69, 9.17) is 16.3 Å². The summed E-state index contributed by atoms with van der Waals surface area (Å²) in [5.74, 6) is -1.27. The summed E-state index contributed by atoms with van der Waals surface area (Å²) in [6.07, 6.45) is 0.0678. The second kappa shape index (κ2) is 6.93. The van der Waals surface area contributed by atoms with Gasteiger partial charge in [-0.15, -0.1) is 11.3 Å². The van der Waals surface area contributed by atoms with Gasteiger partial charge in [-0.05, 0) is 29.8 Å². The summed E-state index contributed by atoms with van der Waals surface area (Å²) >= 11 is 7.23. The Morgan fingerprint density at radius 3 is 2.58 bits per heavy atom. The molecule has 1 aliphatic heterocycles. The van der Waals surface area contributed by atoms with Crippen molar-refractivity contribution in [3.05, 3.63) is 46.3 Å². The molecule has 3 rings (SSSR count). The molecule has 1 aliphatic rings. The second-order valence-electron chi connectivity index (χ2n) is 5.58. The first-order chi connectivity index (χ1) is 11.5. The third-order valence-electron chi connectivity index (χ3n) is 4.09. The highest BCUT2D eigenvalue weighted by Crippen LogP contribution is 2.31. The first kappa shape index (κ1) is 17.0. The molecule has 1 saturated heterocycles. The molecule has 1 amide bonds. The summed E-state index contributed by atoms with van der Waals surface area (Å²) in [5, 5.41) is 9.99. The van der Waals surface area contributed by atoms with Gasteiger partial charge < -0.3 is 14.7 Å². The van der Waals surface area contributed by atoms with E-state index in [1.165, 1.54) is 23.3 Å². The summed E-state index contributed by atoms with van der Waals surface area (Å²) in [4.78, 5) is 27.0. The molecule has 1 aromatic heterocycles. The van der Waals surface area contributed by atoms with Gasteiger partial charge in [-0.25, -0.2) is 4.79 Å². The molecule has 0 radical (unpaired) electrons. The van der Waals surface area contributed by atoms with Crippen LogP contribution in [0.15, 0.2) is 36.4 Å². The molecular formula is C17H16ClNO4S. The molecule has 0 aliphatic carbocycles. The molecule has 5 nitrogen and oxygen atoms in total. The Bertz CT molecular complexity index is 758. The van der Waals surface area contributed by atoms with Crippen molar-refractivity contribution < 1.29 is 19.4 Å². The van der Waals surface area contributed by atoms with E-state index >= 15 is 0 Å². The zero-order chi connectivity index (χ0) is 17.3. The number of benzene rings is 1. The number of halogens is 1. The van der Waals surface area contributed by atoms with Crippen LogP contribution in [0.5, 0.6) is 0 Å². The number of carbonyl (C=O) groups is 2. The topological polar surface area (TPSA) is 66.8 Å². The lowest BCUT2D eigenvalue weighted by molar-refractivity contribution is -0.141. The number of carbonyl (C=O) groups excluding carboxylic acids is 1. The Hall–Kier alpha value is -1.89. The maximum Gasteiger partial charge on any atom is 0.326 e. The van der Waals surface area contributed by atoms with Gasteiger partial charge in [0.15, 0.2) is 0 Å². The molecule has 2 unspecified atom stereocenters. The van der Waals surface area contributed by atoms with Gasteiger partial charge in [-0.3, -0.25) is 4.79 Å². The highest BCUT2D eigenvalue weighted by molar-refractivity contribution is 7.17. The number of carboxylic acids is 1. The maximum absolute atomic E-state index is 12.7. The lowest BCUT2D eigenvalue weighted by atomic mass is 10.2. The van der Waals surface area contributed by atoms with Crippen LogP contribution in [0, 0.1) is 0 Å². The normalized spacial score (nSPS) is 20.3. The van der Waals surface area contributed by atoms with Gasteiger partial charge in [0.05, 0.1) is 11.0 Å². The minimum Gasteiger partial charge on any atom is -0.480 e. The summed E-state index contributed by atoms with van der Waals surface area (Å²) in [6, 6.07) is 10.1. The maximum atomic E-state index is 12.7. The summed E-state index contributed by atoms with van der Waals surface area (Å²) < 4.78 is 5.23. The number of thiophene rings is 1. The van der Waals surface area contributed by atoms with Gasteiger partial charge in [-0.1, -0.05) is 23.7 Å². The molecule has 0 saturated carbocycles. The van der Waals surface area contributed by atoms with Crippen molar-refractivity contribution in [3.8, 4) is 10.4 Å². The number of hydrogen-bond acceptors (Lipinski definition) is 4. The van der Waals surface area contributed by atoms with E-state index in [-0.39, 0.29) is 12.0 Å². The predicted molar refractivity (Wildman–Crippen MR) is 92.6 cm³/mol. The van der Waals surface area contributed by atoms with Gasteiger partial charge >= 0.3 is 5.97 Å². The van der Waals surface area contributed by atoms with Gasteiger partial charge in [-0.2, -0.15) is 0 Å². The van der Waals surface area contributed by atoms with Crippen molar-refractivity contribution >= 4 is 34.8 Å². The quantitative estimate of drug-likeness (QED) is 0.901. The SMILES string of the molecule is COC1CC(C(=O)O)N(C(=O)c2ccc(-c3ccc(Cl)cc3)s2)C1. The Morgan fingerprint density at radius 1 is 1.25 bits per heavy atom. The summed E-state index contributed by atoms with van der Waals surface area (Å²) in [6.45, 7) is 0.292. The molecule has 2 aromatic rings. The Morgan fingerprint density at radius 2 is 1.96 bits per heavy atom.